The maximum Gasteiger partial charge on any atom is 0.410 e. The van der Waals surface area contributed by atoms with Crippen LogP contribution in [-0.4, -0.2) is 57.1 Å². The van der Waals surface area contributed by atoms with Crippen LogP contribution < -0.4 is 9.03 Å². The number of anilines is 1. The Labute approximate surface area is 165 Å². The van der Waals surface area contributed by atoms with Gasteiger partial charge in [-0.15, -0.1) is 0 Å². The van der Waals surface area contributed by atoms with E-state index in [0.717, 1.165) is 0 Å². The summed E-state index contributed by atoms with van der Waals surface area (Å²) in [5, 5.41) is 19.2. The third-order valence-corrected chi connectivity index (χ3v) is 5.53. The molecule has 9 nitrogen and oxygen atoms in total. The standard InChI is InChI=1S/C16H18F3N3O6S/c1-8(23)2-3-28-15(26)21-5-9-10(16(18,19)7-21)4-11(24)14(13(9)17)22-6-12(25)20-29(22)27/h4,8,23-24H,2-3,5-7H2,1H3,(H,20,25). The number of benzene rings is 1. The average molecular weight is 437 g/mol. The van der Waals surface area contributed by atoms with E-state index in [-0.39, 0.29) is 13.0 Å². The summed E-state index contributed by atoms with van der Waals surface area (Å²) in [5.41, 5.74) is -2.08. The third kappa shape index (κ3) is 4.10. The fourth-order valence-electron chi connectivity index (χ4n) is 3.03. The van der Waals surface area contributed by atoms with Crippen LogP contribution in [0, 0.1) is 5.82 Å². The number of hydrogen-bond donors (Lipinski definition) is 3. The maximum absolute atomic E-state index is 15.1. The minimum absolute atomic E-state index is 0.0980. The Hall–Kier alpha value is -2.54. The fourth-order valence-corrected chi connectivity index (χ4v) is 3.97. The minimum Gasteiger partial charge on any atom is -0.506 e. The van der Waals surface area contributed by atoms with E-state index in [0.29, 0.717) is 15.3 Å². The molecule has 3 N–H and O–H groups in total. The summed E-state index contributed by atoms with van der Waals surface area (Å²) < 4.78 is 63.6. The number of aromatic hydroxyl groups is 1. The molecule has 0 aliphatic carbocycles. The molecular weight excluding hydrogens is 419 g/mol. The molecular formula is C16H18F3N3O6S. The zero-order chi connectivity index (χ0) is 21.5. The Morgan fingerprint density at radius 2 is 2.14 bits per heavy atom. The zero-order valence-corrected chi connectivity index (χ0v) is 16.0. The highest BCUT2D eigenvalue weighted by molar-refractivity contribution is 7.85. The van der Waals surface area contributed by atoms with Crippen LogP contribution in [0.1, 0.15) is 24.5 Å². The van der Waals surface area contributed by atoms with Crippen molar-refractivity contribution in [2.24, 2.45) is 0 Å². The predicted octanol–water partition coefficient (Wildman–Crippen LogP) is 0.861. The van der Waals surface area contributed by atoms with Gasteiger partial charge in [-0.25, -0.2) is 13.4 Å². The summed E-state index contributed by atoms with van der Waals surface area (Å²) >= 11 is -2.19. The van der Waals surface area contributed by atoms with E-state index in [2.05, 4.69) is 0 Å². The lowest BCUT2D eigenvalue weighted by Crippen LogP contribution is -2.44. The molecule has 1 aromatic rings. The first-order valence-corrected chi connectivity index (χ1v) is 9.63. The fraction of sp³-hybridized carbons (Fsp3) is 0.500. The highest BCUT2D eigenvalue weighted by Crippen LogP contribution is 2.44. The lowest BCUT2D eigenvalue weighted by atomic mass is 9.94. The van der Waals surface area contributed by atoms with Crippen LogP contribution in [0.25, 0.3) is 0 Å². The number of nitrogens with one attached hydrogen (secondary N) is 1. The van der Waals surface area contributed by atoms with Gasteiger partial charge in [0.05, 0.1) is 25.8 Å². The number of alkyl halides is 2. The molecule has 2 heterocycles. The lowest BCUT2D eigenvalue weighted by Gasteiger charge is -2.35. The molecule has 1 fully saturated rings. The van der Waals surface area contributed by atoms with Crippen molar-refractivity contribution in [2.75, 3.05) is 24.0 Å². The van der Waals surface area contributed by atoms with Crippen LogP contribution in [0.15, 0.2) is 6.07 Å². The summed E-state index contributed by atoms with van der Waals surface area (Å²) in [4.78, 5) is 24.1. The van der Waals surface area contributed by atoms with E-state index in [1.54, 1.807) is 0 Å². The molecule has 13 heteroatoms. The second-order valence-corrected chi connectivity index (χ2v) is 7.85. The van der Waals surface area contributed by atoms with Gasteiger partial charge in [-0.1, -0.05) is 0 Å². The van der Waals surface area contributed by atoms with E-state index in [1.807, 2.05) is 4.72 Å². The Bertz CT molecular complexity index is 882. The van der Waals surface area contributed by atoms with Crippen molar-refractivity contribution in [2.45, 2.75) is 31.9 Å². The van der Waals surface area contributed by atoms with Crippen molar-refractivity contribution >= 4 is 28.9 Å². The maximum atomic E-state index is 15.1. The second kappa shape index (κ2) is 7.71. The molecule has 2 aliphatic heterocycles. The summed E-state index contributed by atoms with van der Waals surface area (Å²) in [6.07, 6.45) is -1.78. The van der Waals surface area contributed by atoms with Gasteiger partial charge < -0.3 is 14.9 Å². The Balaban J connectivity index is 1.93. The molecule has 1 saturated heterocycles. The molecule has 2 unspecified atom stereocenters. The molecule has 2 amide bonds. The zero-order valence-electron chi connectivity index (χ0n) is 15.2. The number of halogens is 3. The van der Waals surface area contributed by atoms with Crippen molar-refractivity contribution in [1.29, 1.82) is 0 Å². The van der Waals surface area contributed by atoms with E-state index in [9.17, 15) is 27.7 Å². The van der Waals surface area contributed by atoms with Crippen LogP contribution in [0.5, 0.6) is 5.75 Å². The highest BCUT2D eigenvalue weighted by Gasteiger charge is 2.46. The van der Waals surface area contributed by atoms with Gasteiger partial charge in [0.1, 0.15) is 18.0 Å². The molecule has 3 rings (SSSR count). The molecule has 0 radical (unpaired) electrons. The molecule has 160 valence electrons. The number of carbonyl (C=O) groups excluding carboxylic acids is 2. The first-order valence-electron chi connectivity index (χ1n) is 8.52. The average Bonchev–Trinajstić information content (AvgIpc) is 2.93. The van der Waals surface area contributed by atoms with Gasteiger partial charge in [-0.2, -0.15) is 8.78 Å². The summed E-state index contributed by atoms with van der Waals surface area (Å²) in [6.45, 7) is -0.974. The number of aliphatic hydroxyl groups excluding tert-OH is 1. The van der Waals surface area contributed by atoms with Gasteiger partial charge in [-0.3, -0.25) is 18.7 Å². The van der Waals surface area contributed by atoms with E-state index >= 15 is 4.39 Å². The molecule has 1 aromatic carbocycles. The smallest absolute Gasteiger partial charge is 0.410 e. The van der Waals surface area contributed by atoms with E-state index < -0.39 is 83.2 Å². The van der Waals surface area contributed by atoms with Crippen LogP contribution in [0.3, 0.4) is 0 Å². The highest BCUT2D eigenvalue weighted by atomic mass is 32.2. The summed E-state index contributed by atoms with van der Waals surface area (Å²) in [6, 6.07) is 0.643. The van der Waals surface area contributed by atoms with Crippen molar-refractivity contribution in [3.05, 3.63) is 23.0 Å². The van der Waals surface area contributed by atoms with Gasteiger partial charge in [0.15, 0.2) is 5.82 Å². The number of fused-ring (bicyclic) bond motifs is 1. The molecule has 0 bridgehead atoms. The number of rotatable bonds is 4. The molecule has 2 atom stereocenters. The molecule has 29 heavy (non-hydrogen) atoms. The molecule has 0 spiro atoms. The Morgan fingerprint density at radius 1 is 1.45 bits per heavy atom. The third-order valence-electron chi connectivity index (χ3n) is 4.41. The topological polar surface area (TPSA) is 119 Å². The van der Waals surface area contributed by atoms with E-state index in [4.69, 9.17) is 9.84 Å². The number of phenols is 1. The lowest BCUT2D eigenvalue weighted by molar-refractivity contribution is -0.117. The van der Waals surface area contributed by atoms with E-state index in [1.165, 1.54) is 6.92 Å². The number of hydrogen-bond acceptors (Lipinski definition) is 6. The monoisotopic (exact) mass is 437 g/mol. The second-order valence-electron chi connectivity index (χ2n) is 6.71. The normalized spacial score (nSPS) is 21.6. The largest absolute Gasteiger partial charge is 0.506 e. The van der Waals surface area contributed by atoms with Crippen LogP contribution in [0.2, 0.25) is 0 Å². The van der Waals surface area contributed by atoms with Crippen LogP contribution >= 0.6 is 0 Å². The molecule has 0 aromatic heterocycles. The van der Waals surface area contributed by atoms with Gasteiger partial charge in [0.25, 0.3) is 11.8 Å². The van der Waals surface area contributed by atoms with Crippen LogP contribution in [0.4, 0.5) is 23.7 Å². The SMILES string of the molecule is CC(O)CCOC(=O)N1Cc2c(cc(O)c(N3CC(=O)NS3=O)c2F)C(F)(F)C1. The van der Waals surface area contributed by atoms with Gasteiger partial charge in [0, 0.05) is 17.5 Å². The molecule has 0 saturated carbocycles. The first-order chi connectivity index (χ1) is 13.5. The minimum atomic E-state index is -3.69. The van der Waals surface area contributed by atoms with Gasteiger partial charge in [0.2, 0.25) is 11.2 Å². The Morgan fingerprint density at radius 3 is 2.72 bits per heavy atom. The van der Waals surface area contributed by atoms with Gasteiger partial charge in [-0.05, 0) is 13.0 Å². The Kier molecular flexibility index (Phi) is 5.63. The number of carbonyl (C=O) groups is 2. The number of nitrogens with zero attached hydrogens (tertiary/aromatic N) is 2. The van der Waals surface area contributed by atoms with Crippen molar-refractivity contribution < 1.29 is 41.9 Å². The summed E-state index contributed by atoms with van der Waals surface area (Å²) in [7, 11) is 0. The number of phenolic OH excluding ortho intramolecular Hbond substituents is 1. The quantitative estimate of drug-likeness (QED) is 0.643. The molecule has 2 aliphatic rings. The predicted molar refractivity (Wildman–Crippen MR) is 93.6 cm³/mol. The van der Waals surface area contributed by atoms with Gasteiger partial charge >= 0.3 is 6.09 Å². The van der Waals surface area contributed by atoms with Crippen LogP contribution in [-0.2, 0) is 33.2 Å². The van der Waals surface area contributed by atoms with Crippen molar-refractivity contribution in [3.63, 3.8) is 0 Å². The number of ether oxygens (including phenoxy) is 1. The number of amides is 2. The van der Waals surface area contributed by atoms with Crippen molar-refractivity contribution in [1.82, 2.24) is 9.62 Å². The number of aliphatic hydroxyl groups is 1. The summed E-state index contributed by atoms with van der Waals surface area (Å²) in [5.74, 6) is -6.61. The van der Waals surface area contributed by atoms with Crippen molar-refractivity contribution in [3.8, 4) is 5.75 Å². The first kappa shape index (κ1) is 21.2.